The topological polar surface area (TPSA) is 77.1 Å². The summed E-state index contributed by atoms with van der Waals surface area (Å²) in [6.07, 6.45) is 1.78. The molecule has 1 fully saturated rings. The largest absolute Gasteiger partial charge is 0.497 e. The number of benzene rings is 3. The summed E-state index contributed by atoms with van der Waals surface area (Å²) in [6.45, 7) is 6.11. The summed E-state index contributed by atoms with van der Waals surface area (Å²) in [4.78, 5) is 27.7. The number of nitrogens with zero attached hydrogens (tertiary/aromatic N) is 1. The van der Waals surface area contributed by atoms with Crippen molar-refractivity contribution in [2.75, 3.05) is 30.5 Å². The summed E-state index contributed by atoms with van der Waals surface area (Å²) in [6, 6.07) is 18.2. The molecule has 4 rings (SSSR count). The van der Waals surface area contributed by atoms with Gasteiger partial charge in [0.25, 0.3) is 11.8 Å². The van der Waals surface area contributed by atoms with Gasteiger partial charge in [-0.2, -0.15) is 0 Å². The molecule has 0 unspecified atom stereocenters. The van der Waals surface area contributed by atoms with Crippen LogP contribution in [-0.2, 0) is 9.59 Å². The highest BCUT2D eigenvalue weighted by Crippen LogP contribution is 2.37. The number of anilines is 2. The van der Waals surface area contributed by atoms with Crippen LogP contribution in [0.1, 0.15) is 23.6 Å². The molecule has 0 aliphatic carbocycles. The lowest BCUT2D eigenvalue weighted by atomic mass is 10.1. The van der Waals surface area contributed by atoms with Crippen LogP contribution in [0.3, 0.4) is 0 Å². The lowest BCUT2D eigenvalue weighted by molar-refractivity contribution is -0.118. The SMILES string of the molecule is CCOc1cc(/C=C2\SC(=S)N(c3ccc(C)c(C)c3)C2=O)ccc1OCC(=O)Nc1ccc(OC)cc1. The lowest BCUT2D eigenvalue weighted by Crippen LogP contribution is -2.27. The quantitative estimate of drug-likeness (QED) is 0.254. The number of carbonyl (C=O) groups excluding carboxylic acids is 2. The normalized spacial score (nSPS) is 14.1. The minimum Gasteiger partial charge on any atom is -0.497 e. The van der Waals surface area contributed by atoms with E-state index >= 15 is 0 Å². The summed E-state index contributed by atoms with van der Waals surface area (Å²) >= 11 is 6.77. The van der Waals surface area contributed by atoms with Crippen LogP contribution in [-0.4, -0.2) is 36.5 Å². The number of thioether (sulfide) groups is 1. The molecule has 3 aromatic carbocycles. The first-order valence-electron chi connectivity index (χ1n) is 12.0. The Bertz CT molecular complexity index is 1400. The van der Waals surface area contributed by atoms with Gasteiger partial charge in [0, 0.05) is 5.69 Å². The molecule has 0 aromatic heterocycles. The van der Waals surface area contributed by atoms with E-state index in [0.29, 0.717) is 38.8 Å². The van der Waals surface area contributed by atoms with Crippen molar-refractivity contribution >= 4 is 57.6 Å². The standard InChI is InChI=1S/C29H28N2O5S2/c1-5-35-25-15-20(7-13-24(25)36-17-27(32)30-21-8-11-23(34-4)12-9-21)16-26-28(33)31(29(37)38-26)22-10-6-18(2)19(3)14-22/h6-16H,5,17H2,1-4H3,(H,30,32)/b26-16-. The third-order valence-electron chi connectivity index (χ3n) is 5.84. The lowest BCUT2D eigenvalue weighted by Gasteiger charge is -2.16. The summed E-state index contributed by atoms with van der Waals surface area (Å²) in [5, 5.41) is 2.78. The molecule has 38 heavy (non-hydrogen) atoms. The smallest absolute Gasteiger partial charge is 0.270 e. The van der Waals surface area contributed by atoms with E-state index in [-0.39, 0.29) is 18.4 Å². The van der Waals surface area contributed by atoms with Crippen molar-refractivity contribution in [2.45, 2.75) is 20.8 Å². The third kappa shape index (κ3) is 6.35. The summed E-state index contributed by atoms with van der Waals surface area (Å²) in [7, 11) is 1.58. The predicted octanol–water partition coefficient (Wildman–Crippen LogP) is 6.13. The third-order valence-corrected chi connectivity index (χ3v) is 7.14. The molecule has 0 spiro atoms. The van der Waals surface area contributed by atoms with E-state index in [1.807, 2.05) is 45.0 Å². The fraction of sp³-hybridized carbons (Fsp3) is 0.207. The molecule has 0 radical (unpaired) electrons. The molecule has 1 saturated heterocycles. The van der Waals surface area contributed by atoms with Gasteiger partial charge in [0.05, 0.1) is 24.3 Å². The van der Waals surface area contributed by atoms with Crippen molar-refractivity contribution in [3.63, 3.8) is 0 Å². The number of amides is 2. The Hall–Kier alpha value is -3.82. The summed E-state index contributed by atoms with van der Waals surface area (Å²) in [5.74, 6) is 1.13. The first-order chi connectivity index (χ1) is 18.3. The Morgan fingerprint density at radius 3 is 2.45 bits per heavy atom. The van der Waals surface area contributed by atoms with Crippen molar-refractivity contribution in [1.82, 2.24) is 0 Å². The molecule has 1 aliphatic heterocycles. The number of carbonyl (C=O) groups is 2. The van der Waals surface area contributed by atoms with Gasteiger partial charge < -0.3 is 19.5 Å². The minimum absolute atomic E-state index is 0.170. The molecule has 2 amide bonds. The van der Waals surface area contributed by atoms with Gasteiger partial charge in [-0.1, -0.05) is 36.1 Å². The van der Waals surface area contributed by atoms with Crippen LogP contribution < -0.4 is 24.4 Å². The first-order valence-corrected chi connectivity index (χ1v) is 13.2. The second kappa shape index (κ2) is 12.1. The second-order valence-electron chi connectivity index (χ2n) is 8.49. The fourth-order valence-corrected chi connectivity index (χ4v) is 5.02. The van der Waals surface area contributed by atoms with E-state index < -0.39 is 0 Å². The van der Waals surface area contributed by atoms with Crippen LogP contribution in [0.15, 0.2) is 65.6 Å². The number of hydrogen-bond acceptors (Lipinski definition) is 7. The number of rotatable bonds is 9. The molecular formula is C29H28N2O5S2. The van der Waals surface area contributed by atoms with Gasteiger partial charge in [0.2, 0.25) is 0 Å². The number of hydrogen-bond donors (Lipinski definition) is 1. The maximum atomic E-state index is 13.2. The number of methoxy groups -OCH3 is 1. The number of nitrogens with one attached hydrogen (secondary N) is 1. The highest BCUT2D eigenvalue weighted by atomic mass is 32.2. The van der Waals surface area contributed by atoms with Gasteiger partial charge in [0.1, 0.15) is 5.75 Å². The van der Waals surface area contributed by atoms with Gasteiger partial charge in [-0.05, 0) is 92.1 Å². The highest BCUT2D eigenvalue weighted by Gasteiger charge is 2.33. The summed E-state index contributed by atoms with van der Waals surface area (Å²) < 4.78 is 17.1. The molecule has 0 bridgehead atoms. The molecule has 1 heterocycles. The maximum Gasteiger partial charge on any atom is 0.270 e. The van der Waals surface area contributed by atoms with Gasteiger partial charge in [-0.3, -0.25) is 14.5 Å². The zero-order chi connectivity index (χ0) is 27.2. The zero-order valence-corrected chi connectivity index (χ0v) is 23.2. The Balaban J connectivity index is 1.46. The maximum absolute atomic E-state index is 13.2. The van der Waals surface area contributed by atoms with E-state index in [1.54, 1.807) is 54.5 Å². The van der Waals surface area contributed by atoms with E-state index in [2.05, 4.69) is 5.32 Å². The fourth-order valence-electron chi connectivity index (χ4n) is 3.72. The van der Waals surface area contributed by atoms with Gasteiger partial charge in [-0.25, -0.2) is 0 Å². The molecule has 1 aliphatic rings. The second-order valence-corrected chi connectivity index (χ2v) is 10.2. The van der Waals surface area contributed by atoms with Crippen molar-refractivity contribution < 1.29 is 23.8 Å². The van der Waals surface area contributed by atoms with Gasteiger partial charge >= 0.3 is 0 Å². The Labute approximate surface area is 231 Å². The van der Waals surface area contributed by atoms with E-state index in [0.717, 1.165) is 22.4 Å². The Morgan fingerprint density at radius 2 is 1.76 bits per heavy atom. The Kier molecular flexibility index (Phi) is 8.70. The van der Waals surface area contributed by atoms with E-state index in [1.165, 1.54) is 11.8 Å². The first kappa shape index (κ1) is 27.2. The van der Waals surface area contributed by atoms with Crippen LogP contribution in [0.5, 0.6) is 17.2 Å². The average Bonchev–Trinajstić information content (AvgIpc) is 3.18. The zero-order valence-electron chi connectivity index (χ0n) is 21.6. The summed E-state index contributed by atoms with van der Waals surface area (Å²) in [5.41, 5.74) is 4.39. The molecular weight excluding hydrogens is 520 g/mol. The van der Waals surface area contributed by atoms with Crippen molar-refractivity contribution in [1.29, 1.82) is 0 Å². The number of ether oxygens (including phenoxy) is 3. The van der Waals surface area contributed by atoms with Crippen LogP contribution in [0.25, 0.3) is 6.08 Å². The van der Waals surface area contributed by atoms with Crippen molar-refractivity contribution in [3.8, 4) is 17.2 Å². The minimum atomic E-state index is -0.309. The van der Waals surface area contributed by atoms with Crippen LogP contribution in [0.4, 0.5) is 11.4 Å². The van der Waals surface area contributed by atoms with Gasteiger partial charge in [-0.15, -0.1) is 0 Å². The molecule has 3 aromatic rings. The van der Waals surface area contributed by atoms with Crippen molar-refractivity contribution in [3.05, 3.63) is 82.3 Å². The van der Waals surface area contributed by atoms with Gasteiger partial charge in [0.15, 0.2) is 22.4 Å². The van der Waals surface area contributed by atoms with Crippen LogP contribution in [0, 0.1) is 13.8 Å². The average molecular weight is 549 g/mol. The molecule has 1 N–H and O–H groups in total. The number of thiocarbonyl (C=S) groups is 1. The van der Waals surface area contributed by atoms with E-state index in [9.17, 15) is 9.59 Å². The monoisotopic (exact) mass is 548 g/mol. The number of aryl methyl sites for hydroxylation is 2. The molecule has 7 nitrogen and oxygen atoms in total. The molecule has 0 saturated carbocycles. The molecule has 0 atom stereocenters. The van der Waals surface area contributed by atoms with E-state index in [4.69, 9.17) is 26.4 Å². The molecule has 9 heteroatoms. The van der Waals surface area contributed by atoms with Crippen LogP contribution >= 0.6 is 24.0 Å². The molecule has 196 valence electrons. The van der Waals surface area contributed by atoms with Crippen LogP contribution in [0.2, 0.25) is 0 Å². The highest BCUT2D eigenvalue weighted by molar-refractivity contribution is 8.27. The predicted molar refractivity (Wildman–Crippen MR) is 156 cm³/mol. The Morgan fingerprint density at radius 1 is 1.00 bits per heavy atom. The van der Waals surface area contributed by atoms with Crippen molar-refractivity contribution in [2.24, 2.45) is 0 Å².